The van der Waals surface area contributed by atoms with Crippen molar-refractivity contribution in [2.24, 2.45) is 7.05 Å². The zero-order chi connectivity index (χ0) is 17.8. The lowest BCUT2D eigenvalue weighted by Crippen LogP contribution is -2.60. The van der Waals surface area contributed by atoms with Gasteiger partial charge in [0.05, 0.1) is 6.04 Å². The first-order valence-corrected chi connectivity index (χ1v) is 8.83. The van der Waals surface area contributed by atoms with E-state index in [4.69, 9.17) is 5.10 Å². The van der Waals surface area contributed by atoms with Gasteiger partial charge >= 0.3 is 0 Å². The van der Waals surface area contributed by atoms with E-state index in [2.05, 4.69) is 20.1 Å². The molecule has 3 aromatic rings. The first-order valence-electron chi connectivity index (χ1n) is 8.83. The van der Waals surface area contributed by atoms with Crippen molar-refractivity contribution in [2.75, 3.05) is 29.9 Å². The van der Waals surface area contributed by atoms with Crippen LogP contribution in [0, 0.1) is 0 Å². The van der Waals surface area contributed by atoms with Crippen LogP contribution in [0.2, 0.25) is 0 Å². The fourth-order valence-electron chi connectivity index (χ4n) is 3.35. The number of hydrogen-bond donors (Lipinski definition) is 0. The lowest BCUT2D eigenvalue weighted by atomic mass is 10.1. The van der Waals surface area contributed by atoms with E-state index in [0.29, 0.717) is 11.7 Å². The van der Waals surface area contributed by atoms with Gasteiger partial charge in [-0.2, -0.15) is 4.52 Å². The number of nitrogens with zero attached hydrogens (tertiary/aromatic N) is 8. The van der Waals surface area contributed by atoms with Gasteiger partial charge in [0.1, 0.15) is 5.82 Å². The molecular formula is C17H20N8O. The summed E-state index contributed by atoms with van der Waals surface area (Å²) in [6, 6.07) is 4.18. The molecule has 9 nitrogen and oxygen atoms in total. The Morgan fingerprint density at radius 3 is 2.77 bits per heavy atom. The molecule has 1 saturated heterocycles. The first-order chi connectivity index (χ1) is 12.6. The highest BCUT2D eigenvalue weighted by molar-refractivity contribution is 5.50. The van der Waals surface area contributed by atoms with Crippen molar-refractivity contribution in [1.29, 1.82) is 0 Å². The molecule has 1 saturated carbocycles. The average molecular weight is 352 g/mol. The van der Waals surface area contributed by atoms with E-state index in [9.17, 15) is 4.79 Å². The Kier molecular flexibility index (Phi) is 3.25. The van der Waals surface area contributed by atoms with Gasteiger partial charge in [0.25, 0.3) is 5.56 Å². The van der Waals surface area contributed by atoms with Gasteiger partial charge in [-0.25, -0.2) is 4.98 Å². The van der Waals surface area contributed by atoms with Gasteiger partial charge in [0.2, 0.25) is 0 Å². The zero-order valence-electron chi connectivity index (χ0n) is 14.8. The molecular weight excluding hydrogens is 332 g/mol. The van der Waals surface area contributed by atoms with Crippen LogP contribution in [0.15, 0.2) is 29.3 Å². The SMILES string of the molecule is CN(c1nccn(C)c1=O)C1CN(c2ccc3nnc(C4CC4)n3n2)C1. The molecule has 0 N–H and O–H groups in total. The number of aryl methyl sites for hydroxylation is 1. The average Bonchev–Trinajstić information content (AvgIpc) is 3.35. The van der Waals surface area contributed by atoms with Crippen molar-refractivity contribution in [3.63, 3.8) is 0 Å². The van der Waals surface area contributed by atoms with E-state index >= 15 is 0 Å². The molecule has 134 valence electrons. The molecule has 4 heterocycles. The molecule has 3 aromatic heterocycles. The summed E-state index contributed by atoms with van der Waals surface area (Å²) in [7, 11) is 3.66. The molecule has 0 aromatic carbocycles. The molecule has 0 spiro atoms. The molecule has 0 unspecified atom stereocenters. The molecule has 2 aliphatic rings. The standard InChI is InChI=1S/C17H20N8O/c1-22-8-7-18-16(17(22)26)23(2)12-9-24(10-12)14-6-5-13-19-20-15(11-3-4-11)25(13)21-14/h5-8,11-12H,3-4,9-10H2,1-2H3. The summed E-state index contributed by atoms with van der Waals surface area (Å²) in [5.74, 6) is 2.87. The molecule has 0 bridgehead atoms. The molecule has 5 rings (SSSR count). The normalized spacial score (nSPS) is 17.5. The van der Waals surface area contributed by atoms with Crippen LogP contribution in [0.4, 0.5) is 11.6 Å². The lowest BCUT2D eigenvalue weighted by Gasteiger charge is -2.44. The third-order valence-electron chi connectivity index (χ3n) is 5.28. The van der Waals surface area contributed by atoms with E-state index < -0.39 is 0 Å². The molecule has 1 aliphatic carbocycles. The Labute approximate surface area is 149 Å². The van der Waals surface area contributed by atoms with E-state index in [1.165, 1.54) is 12.8 Å². The van der Waals surface area contributed by atoms with Gasteiger partial charge in [0, 0.05) is 45.5 Å². The minimum atomic E-state index is -0.0773. The topological polar surface area (TPSA) is 84.5 Å². The summed E-state index contributed by atoms with van der Waals surface area (Å²) in [6.45, 7) is 1.60. The van der Waals surface area contributed by atoms with Crippen molar-refractivity contribution < 1.29 is 0 Å². The van der Waals surface area contributed by atoms with E-state index in [1.807, 2.05) is 28.6 Å². The summed E-state index contributed by atoms with van der Waals surface area (Å²) < 4.78 is 3.43. The molecule has 26 heavy (non-hydrogen) atoms. The van der Waals surface area contributed by atoms with Crippen molar-refractivity contribution in [1.82, 2.24) is 29.4 Å². The molecule has 9 heteroatoms. The minimum absolute atomic E-state index is 0.0773. The maximum Gasteiger partial charge on any atom is 0.293 e. The monoisotopic (exact) mass is 352 g/mol. The Bertz CT molecular complexity index is 1030. The second-order valence-corrected chi connectivity index (χ2v) is 7.13. The number of fused-ring (bicyclic) bond motifs is 1. The van der Waals surface area contributed by atoms with Crippen LogP contribution in [-0.4, -0.2) is 55.5 Å². The summed E-state index contributed by atoms with van der Waals surface area (Å²) in [4.78, 5) is 20.7. The summed E-state index contributed by atoms with van der Waals surface area (Å²) in [6.07, 6.45) is 5.66. The largest absolute Gasteiger partial charge is 0.351 e. The minimum Gasteiger partial charge on any atom is -0.351 e. The fourth-order valence-corrected chi connectivity index (χ4v) is 3.35. The maximum atomic E-state index is 12.2. The van der Waals surface area contributed by atoms with Crippen LogP contribution < -0.4 is 15.4 Å². The fraction of sp³-hybridized carbons (Fsp3) is 0.471. The third-order valence-corrected chi connectivity index (χ3v) is 5.28. The predicted octanol–water partition coefficient (Wildman–Crippen LogP) is 0.420. The molecule has 0 radical (unpaired) electrons. The number of likely N-dealkylation sites (N-methyl/N-ethyl adjacent to an activating group) is 1. The second kappa shape index (κ2) is 5.52. The van der Waals surface area contributed by atoms with Crippen LogP contribution in [-0.2, 0) is 7.05 Å². The van der Waals surface area contributed by atoms with Gasteiger partial charge < -0.3 is 14.4 Å². The summed E-state index contributed by atoms with van der Waals surface area (Å²) >= 11 is 0. The van der Waals surface area contributed by atoms with E-state index in [1.54, 1.807) is 24.0 Å². The van der Waals surface area contributed by atoms with Gasteiger partial charge in [0.15, 0.2) is 17.3 Å². The Hall–Kier alpha value is -2.97. The number of anilines is 2. The molecule has 0 atom stereocenters. The van der Waals surface area contributed by atoms with Gasteiger partial charge in [-0.05, 0) is 25.0 Å². The van der Waals surface area contributed by atoms with Crippen LogP contribution in [0.3, 0.4) is 0 Å². The van der Waals surface area contributed by atoms with Crippen molar-refractivity contribution in [3.8, 4) is 0 Å². The highest BCUT2D eigenvalue weighted by atomic mass is 16.1. The van der Waals surface area contributed by atoms with Crippen molar-refractivity contribution >= 4 is 17.3 Å². The zero-order valence-corrected chi connectivity index (χ0v) is 14.8. The van der Waals surface area contributed by atoms with Crippen molar-refractivity contribution in [3.05, 3.63) is 40.7 Å². The quantitative estimate of drug-likeness (QED) is 0.673. The van der Waals surface area contributed by atoms with Gasteiger partial charge in [-0.3, -0.25) is 4.79 Å². The highest BCUT2D eigenvalue weighted by Gasteiger charge is 2.34. The maximum absolute atomic E-state index is 12.2. The lowest BCUT2D eigenvalue weighted by molar-refractivity contribution is 0.484. The Morgan fingerprint density at radius 2 is 2.00 bits per heavy atom. The third kappa shape index (κ3) is 2.34. The number of aromatic nitrogens is 6. The summed E-state index contributed by atoms with van der Waals surface area (Å²) in [5.41, 5.74) is 0.716. The molecule has 0 amide bonds. The highest BCUT2D eigenvalue weighted by Crippen LogP contribution is 2.38. The van der Waals surface area contributed by atoms with Crippen LogP contribution in [0.25, 0.3) is 5.65 Å². The smallest absolute Gasteiger partial charge is 0.293 e. The number of hydrogen-bond acceptors (Lipinski definition) is 7. The summed E-state index contributed by atoms with van der Waals surface area (Å²) in [5, 5.41) is 13.2. The van der Waals surface area contributed by atoms with Gasteiger partial charge in [-0.1, -0.05) is 0 Å². The number of rotatable bonds is 4. The molecule has 1 aliphatic heterocycles. The first kappa shape index (κ1) is 15.3. The predicted molar refractivity (Wildman–Crippen MR) is 96.6 cm³/mol. The van der Waals surface area contributed by atoms with Gasteiger partial charge in [-0.15, -0.1) is 15.3 Å². The molecule has 2 fully saturated rings. The van der Waals surface area contributed by atoms with Crippen LogP contribution in [0.5, 0.6) is 0 Å². The van der Waals surface area contributed by atoms with Crippen LogP contribution >= 0.6 is 0 Å². The van der Waals surface area contributed by atoms with Crippen LogP contribution in [0.1, 0.15) is 24.6 Å². The second-order valence-electron chi connectivity index (χ2n) is 7.13. The van der Waals surface area contributed by atoms with E-state index in [-0.39, 0.29) is 11.6 Å². The Morgan fingerprint density at radius 1 is 1.19 bits per heavy atom. The Balaban J connectivity index is 1.35. The van der Waals surface area contributed by atoms with Crippen molar-refractivity contribution in [2.45, 2.75) is 24.8 Å². The van der Waals surface area contributed by atoms with E-state index in [0.717, 1.165) is 30.4 Å².